The van der Waals surface area contributed by atoms with E-state index in [1.54, 1.807) is 11.8 Å². The minimum atomic E-state index is -3.08. The third kappa shape index (κ3) is 6.47. The molecule has 4 nitrogen and oxygen atoms in total. The van der Waals surface area contributed by atoms with Gasteiger partial charge in [0, 0.05) is 11.3 Å². The average Bonchev–Trinajstić information content (AvgIpc) is 2.33. The van der Waals surface area contributed by atoms with Gasteiger partial charge in [-0.2, -0.15) is 11.8 Å². The smallest absolute Gasteiger partial charge is 0.211 e. The first-order valence-electron chi connectivity index (χ1n) is 7.27. The molecular formula is C13H28N2O2S2. The molecule has 2 N–H and O–H groups in total. The van der Waals surface area contributed by atoms with E-state index in [2.05, 4.69) is 23.2 Å². The van der Waals surface area contributed by atoms with Crippen molar-refractivity contribution in [3.8, 4) is 0 Å². The summed E-state index contributed by atoms with van der Waals surface area (Å²) in [5.74, 6) is 0.255. The molecule has 1 aliphatic carbocycles. The lowest BCUT2D eigenvalue weighted by Crippen LogP contribution is -2.45. The molecule has 0 heterocycles. The number of nitrogens with one attached hydrogen (secondary N) is 2. The summed E-state index contributed by atoms with van der Waals surface area (Å²) in [5, 5.41) is 3.29. The SMILES string of the molecule is CCCNCCCCS(=O)(=O)NCC1(SC)CCC1. The molecule has 0 amide bonds. The van der Waals surface area contributed by atoms with Crippen LogP contribution in [0.1, 0.15) is 45.4 Å². The molecule has 0 saturated heterocycles. The fraction of sp³-hybridized carbons (Fsp3) is 1.00. The van der Waals surface area contributed by atoms with Crippen LogP contribution in [0.3, 0.4) is 0 Å². The van der Waals surface area contributed by atoms with Crippen molar-refractivity contribution in [3.05, 3.63) is 0 Å². The molecule has 0 radical (unpaired) electrons. The van der Waals surface area contributed by atoms with Crippen LogP contribution in [0.5, 0.6) is 0 Å². The lowest BCUT2D eigenvalue weighted by molar-refractivity contribution is 0.361. The van der Waals surface area contributed by atoms with E-state index in [0.717, 1.165) is 45.2 Å². The van der Waals surface area contributed by atoms with Gasteiger partial charge in [0.25, 0.3) is 0 Å². The molecule has 0 atom stereocenters. The molecule has 0 aromatic heterocycles. The second kappa shape index (κ2) is 8.49. The van der Waals surface area contributed by atoms with Crippen LogP contribution < -0.4 is 10.0 Å². The first-order chi connectivity index (χ1) is 9.04. The lowest BCUT2D eigenvalue weighted by Gasteiger charge is -2.40. The number of thioether (sulfide) groups is 1. The monoisotopic (exact) mass is 308 g/mol. The van der Waals surface area contributed by atoms with Crippen molar-refractivity contribution in [2.75, 3.05) is 31.6 Å². The number of rotatable bonds is 11. The quantitative estimate of drug-likeness (QED) is 0.573. The van der Waals surface area contributed by atoms with Gasteiger partial charge in [-0.25, -0.2) is 13.1 Å². The van der Waals surface area contributed by atoms with Crippen LogP contribution in [0.2, 0.25) is 0 Å². The Bertz CT molecular complexity index is 335. The van der Waals surface area contributed by atoms with Crippen LogP contribution in [-0.4, -0.2) is 44.8 Å². The van der Waals surface area contributed by atoms with Gasteiger partial charge in [-0.15, -0.1) is 0 Å². The van der Waals surface area contributed by atoms with Gasteiger partial charge in [-0.05, 0) is 51.4 Å². The van der Waals surface area contributed by atoms with Crippen LogP contribution in [0.25, 0.3) is 0 Å². The average molecular weight is 309 g/mol. The van der Waals surface area contributed by atoms with E-state index < -0.39 is 10.0 Å². The highest BCUT2D eigenvalue weighted by molar-refractivity contribution is 8.00. The topological polar surface area (TPSA) is 58.2 Å². The number of hydrogen-bond acceptors (Lipinski definition) is 4. The Hall–Kier alpha value is 0.220. The first kappa shape index (κ1) is 17.3. The maximum Gasteiger partial charge on any atom is 0.211 e. The van der Waals surface area contributed by atoms with Gasteiger partial charge in [-0.3, -0.25) is 0 Å². The molecule has 0 aromatic rings. The van der Waals surface area contributed by atoms with E-state index in [4.69, 9.17) is 0 Å². The maximum absolute atomic E-state index is 11.9. The van der Waals surface area contributed by atoms with Crippen molar-refractivity contribution in [1.29, 1.82) is 0 Å². The highest BCUT2D eigenvalue weighted by atomic mass is 32.2. The minimum absolute atomic E-state index is 0.176. The van der Waals surface area contributed by atoms with E-state index >= 15 is 0 Å². The predicted molar refractivity (Wildman–Crippen MR) is 84.3 cm³/mol. The van der Waals surface area contributed by atoms with Crippen molar-refractivity contribution >= 4 is 21.8 Å². The summed E-state index contributed by atoms with van der Waals surface area (Å²) in [6, 6.07) is 0. The van der Waals surface area contributed by atoms with E-state index in [9.17, 15) is 8.42 Å². The Morgan fingerprint density at radius 3 is 2.47 bits per heavy atom. The second-order valence-electron chi connectivity index (χ2n) is 5.34. The largest absolute Gasteiger partial charge is 0.317 e. The number of sulfonamides is 1. The highest BCUT2D eigenvalue weighted by Crippen LogP contribution is 2.42. The third-order valence-electron chi connectivity index (χ3n) is 3.76. The summed E-state index contributed by atoms with van der Waals surface area (Å²) < 4.78 is 26.7. The Kier molecular flexibility index (Phi) is 7.72. The molecule has 0 aromatic carbocycles. The van der Waals surface area contributed by atoms with Crippen LogP contribution in [0.4, 0.5) is 0 Å². The summed E-state index contributed by atoms with van der Waals surface area (Å²) in [7, 11) is -3.08. The van der Waals surface area contributed by atoms with E-state index in [1.807, 2.05) is 0 Å². The molecule has 1 rings (SSSR count). The number of hydrogen-bond donors (Lipinski definition) is 2. The fourth-order valence-electron chi connectivity index (χ4n) is 2.18. The van der Waals surface area contributed by atoms with Gasteiger partial charge in [0.05, 0.1) is 5.75 Å². The molecule has 19 heavy (non-hydrogen) atoms. The zero-order valence-electron chi connectivity index (χ0n) is 12.2. The van der Waals surface area contributed by atoms with E-state index in [0.29, 0.717) is 6.54 Å². The van der Waals surface area contributed by atoms with Gasteiger partial charge >= 0.3 is 0 Å². The molecule has 114 valence electrons. The molecule has 1 aliphatic rings. The molecule has 6 heteroatoms. The molecule has 0 unspecified atom stereocenters. The van der Waals surface area contributed by atoms with Gasteiger partial charge in [0.1, 0.15) is 0 Å². The lowest BCUT2D eigenvalue weighted by atomic mass is 9.84. The van der Waals surface area contributed by atoms with Gasteiger partial charge in [-0.1, -0.05) is 13.3 Å². The van der Waals surface area contributed by atoms with Crippen LogP contribution in [-0.2, 0) is 10.0 Å². The Morgan fingerprint density at radius 1 is 1.21 bits per heavy atom. The van der Waals surface area contributed by atoms with Crippen molar-refractivity contribution in [3.63, 3.8) is 0 Å². The standard InChI is InChI=1S/C13H28N2O2S2/c1-3-9-14-10-4-5-11-19(16,17)15-12-13(18-2)7-6-8-13/h14-15H,3-12H2,1-2H3. The van der Waals surface area contributed by atoms with Crippen LogP contribution in [0, 0.1) is 0 Å². The van der Waals surface area contributed by atoms with Gasteiger partial charge < -0.3 is 5.32 Å². The van der Waals surface area contributed by atoms with Crippen LogP contribution >= 0.6 is 11.8 Å². The third-order valence-corrected chi connectivity index (χ3v) is 6.58. The van der Waals surface area contributed by atoms with Gasteiger partial charge in [0.15, 0.2) is 0 Å². The van der Waals surface area contributed by atoms with Crippen molar-refractivity contribution < 1.29 is 8.42 Å². The fourth-order valence-corrected chi connectivity index (χ4v) is 4.41. The van der Waals surface area contributed by atoms with Crippen LogP contribution in [0.15, 0.2) is 0 Å². The molecular weight excluding hydrogens is 280 g/mol. The first-order valence-corrected chi connectivity index (χ1v) is 10.1. The van der Waals surface area contributed by atoms with E-state index in [1.165, 1.54) is 6.42 Å². The minimum Gasteiger partial charge on any atom is -0.317 e. The Labute approximate surface area is 122 Å². The maximum atomic E-state index is 11.9. The molecule has 0 spiro atoms. The summed E-state index contributed by atoms with van der Waals surface area (Å²) in [5.41, 5.74) is 0. The van der Waals surface area contributed by atoms with Crippen molar-refractivity contribution in [1.82, 2.24) is 10.0 Å². The predicted octanol–water partition coefficient (Wildman–Crippen LogP) is 1.97. The zero-order chi connectivity index (χ0) is 14.2. The highest BCUT2D eigenvalue weighted by Gasteiger charge is 2.36. The summed E-state index contributed by atoms with van der Waals surface area (Å²) in [6.07, 6.45) is 8.36. The molecule has 0 bridgehead atoms. The Morgan fingerprint density at radius 2 is 1.95 bits per heavy atom. The molecule has 0 aliphatic heterocycles. The summed E-state index contributed by atoms with van der Waals surface area (Å²) >= 11 is 1.80. The van der Waals surface area contributed by atoms with Crippen molar-refractivity contribution in [2.45, 2.75) is 50.2 Å². The summed E-state index contributed by atoms with van der Waals surface area (Å²) in [6.45, 7) is 4.66. The second-order valence-corrected chi connectivity index (χ2v) is 8.54. The van der Waals surface area contributed by atoms with E-state index in [-0.39, 0.29) is 10.5 Å². The number of unbranched alkanes of at least 4 members (excludes halogenated alkanes) is 1. The normalized spacial score (nSPS) is 18.2. The zero-order valence-corrected chi connectivity index (χ0v) is 13.8. The van der Waals surface area contributed by atoms with Gasteiger partial charge in [0.2, 0.25) is 10.0 Å². The Balaban J connectivity index is 2.14. The molecule has 1 saturated carbocycles. The summed E-state index contributed by atoms with van der Waals surface area (Å²) in [4.78, 5) is 0. The molecule has 1 fully saturated rings. The van der Waals surface area contributed by atoms with Crippen molar-refractivity contribution in [2.24, 2.45) is 0 Å².